The van der Waals surface area contributed by atoms with E-state index in [0.29, 0.717) is 5.41 Å². The highest BCUT2D eigenvalue weighted by molar-refractivity contribution is 5.07. The van der Waals surface area contributed by atoms with Crippen LogP contribution in [0.4, 0.5) is 0 Å². The zero-order valence-corrected chi connectivity index (χ0v) is 10.5. The number of hydrogen-bond donors (Lipinski definition) is 1. The van der Waals surface area contributed by atoms with Crippen LogP contribution in [0.3, 0.4) is 0 Å². The first-order chi connectivity index (χ1) is 7.61. The third-order valence-electron chi connectivity index (χ3n) is 3.79. The Kier molecular flexibility index (Phi) is 3.24. The van der Waals surface area contributed by atoms with Gasteiger partial charge in [0.05, 0.1) is 0 Å². The molecule has 1 heterocycles. The second kappa shape index (κ2) is 4.50. The first-order valence-corrected chi connectivity index (χ1v) is 6.17. The van der Waals surface area contributed by atoms with Crippen molar-refractivity contribution in [2.24, 2.45) is 5.41 Å². The summed E-state index contributed by atoms with van der Waals surface area (Å²) in [6, 6.07) is 0. The van der Waals surface area contributed by atoms with E-state index in [-0.39, 0.29) is 0 Å². The summed E-state index contributed by atoms with van der Waals surface area (Å²) in [7, 11) is 4.21. The van der Waals surface area contributed by atoms with Crippen molar-refractivity contribution >= 4 is 0 Å². The van der Waals surface area contributed by atoms with Crippen LogP contribution in [0.15, 0.2) is 24.6 Å². The normalized spacial score (nSPS) is 32.4. The molecule has 1 atom stereocenters. The van der Waals surface area contributed by atoms with E-state index in [0.717, 1.165) is 18.9 Å². The van der Waals surface area contributed by atoms with E-state index in [4.69, 9.17) is 0 Å². The second-order valence-electron chi connectivity index (χ2n) is 5.24. The van der Waals surface area contributed by atoms with Gasteiger partial charge in [-0.1, -0.05) is 18.7 Å². The highest BCUT2D eigenvalue weighted by Gasteiger charge is 2.32. The molecule has 2 aliphatic rings. The lowest BCUT2D eigenvalue weighted by Gasteiger charge is -2.42. The Morgan fingerprint density at radius 1 is 1.38 bits per heavy atom. The molecule has 1 N–H and O–H groups in total. The van der Waals surface area contributed by atoms with Crippen molar-refractivity contribution in [2.45, 2.75) is 25.7 Å². The maximum atomic E-state index is 4.07. The van der Waals surface area contributed by atoms with Crippen molar-refractivity contribution in [1.82, 2.24) is 15.3 Å². The monoisotopic (exact) mass is 221 g/mol. The van der Waals surface area contributed by atoms with E-state index in [9.17, 15) is 0 Å². The van der Waals surface area contributed by atoms with Crippen molar-refractivity contribution in [2.75, 3.05) is 27.2 Å². The van der Waals surface area contributed by atoms with Crippen molar-refractivity contribution in [1.29, 1.82) is 0 Å². The van der Waals surface area contributed by atoms with Gasteiger partial charge in [-0.15, -0.1) is 0 Å². The summed E-state index contributed by atoms with van der Waals surface area (Å²) in [6.07, 6.45) is 9.92. The summed E-state index contributed by atoms with van der Waals surface area (Å²) >= 11 is 0. The summed E-state index contributed by atoms with van der Waals surface area (Å²) in [4.78, 5) is 2.24. The van der Waals surface area contributed by atoms with Gasteiger partial charge in [0.15, 0.2) is 0 Å². The molecule has 2 rings (SSSR count). The minimum absolute atomic E-state index is 0.367. The van der Waals surface area contributed by atoms with E-state index in [1.807, 2.05) is 0 Å². The van der Waals surface area contributed by atoms with Crippen LogP contribution < -0.4 is 5.43 Å². The van der Waals surface area contributed by atoms with Crippen molar-refractivity contribution in [3.8, 4) is 0 Å². The smallest absolute Gasteiger partial charge is 0.108 e. The molecule has 0 aromatic carbocycles. The Labute approximate surface area is 98.8 Å². The molecule has 0 amide bonds. The van der Waals surface area contributed by atoms with Crippen LogP contribution in [-0.4, -0.2) is 37.1 Å². The van der Waals surface area contributed by atoms with Crippen LogP contribution in [0.5, 0.6) is 0 Å². The van der Waals surface area contributed by atoms with Crippen molar-refractivity contribution < 1.29 is 0 Å². The molecule has 0 aromatic rings. The van der Waals surface area contributed by atoms with Crippen LogP contribution in [0.2, 0.25) is 0 Å². The fourth-order valence-corrected chi connectivity index (χ4v) is 2.73. The lowest BCUT2D eigenvalue weighted by Crippen LogP contribution is -2.48. The first-order valence-electron chi connectivity index (χ1n) is 6.17. The molecule has 0 aromatic heterocycles. The molecule has 0 bridgehead atoms. The molecule has 16 heavy (non-hydrogen) atoms. The van der Waals surface area contributed by atoms with Crippen LogP contribution in [0, 0.1) is 5.41 Å². The number of nitrogens with one attached hydrogen (secondary N) is 1. The van der Waals surface area contributed by atoms with Gasteiger partial charge in [0.25, 0.3) is 0 Å². The van der Waals surface area contributed by atoms with E-state index in [2.05, 4.69) is 48.2 Å². The molecule has 1 spiro atoms. The van der Waals surface area contributed by atoms with Gasteiger partial charge in [0, 0.05) is 32.6 Å². The van der Waals surface area contributed by atoms with Gasteiger partial charge >= 0.3 is 0 Å². The van der Waals surface area contributed by atoms with Gasteiger partial charge in [0.2, 0.25) is 0 Å². The Morgan fingerprint density at radius 3 is 2.88 bits per heavy atom. The summed E-state index contributed by atoms with van der Waals surface area (Å²) in [5.74, 6) is 1.00. The largest absolute Gasteiger partial charge is 0.360 e. The molecule has 1 fully saturated rings. The summed E-state index contributed by atoms with van der Waals surface area (Å²) < 4.78 is 0. The minimum Gasteiger partial charge on any atom is -0.360 e. The van der Waals surface area contributed by atoms with E-state index < -0.39 is 0 Å². The Morgan fingerprint density at radius 2 is 2.19 bits per heavy atom. The molecule has 3 heteroatoms. The van der Waals surface area contributed by atoms with E-state index in [1.165, 1.54) is 25.7 Å². The number of allylic oxidation sites excluding steroid dienone is 1. The van der Waals surface area contributed by atoms with Crippen LogP contribution in [0.1, 0.15) is 25.7 Å². The maximum absolute atomic E-state index is 4.07. The van der Waals surface area contributed by atoms with Crippen molar-refractivity contribution in [3.05, 3.63) is 24.6 Å². The molecule has 1 saturated heterocycles. The SMILES string of the molecule is C=C1NN(C)CCC2(C=CCCC2)CN1C. The summed E-state index contributed by atoms with van der Waals surface area (Å²) in [6.45, 7) is 6.24. The zero-order chi connectivity index (χ0) is 11.6. The molecule has 1 aliphatic carbocycles. The second-order valence-corrected chi connectivity index (χ2v) is 5.24. The quantitative estimate of drug-likeness (QED) is 0.631. The molecule has 90 valence electrons. The average molecular weight is 221 g/mol. The molecular formula is C13H23N3. The van der Waals surface area contributed by atoms with Crippen LogP contribution in [0.25, 0.3) is 0 Å². The fourth-order valence-electron chi connectivity index (χ4n) is 2.73. The third-order valence-corrected chi connectivity index (χ3v) is 3.79. The Hall–Kier alpha value is -0.960. The first kappa shape index (κ1) is 11.5. The lowest BCUT2D eigenvalue weighted by molar-refractivity contribution is 0.118. The maximum Gasteiger partial charge on any atom is 0.108 e. The standard InChI is InChI=1S/C13H23N3/c1-12-14-16(3)10-9-13(11-15(12)2)7-5-4-6-8-13/h5,7,14H,1,4,6,8-11H2,2-3H3. The highest BCUT2D eigenvalue weighted by Crippen LogP contribution is 2.36. The predicted molar refractivity (Wildman–Crippen MR) is 67.6 cm³/mol. The molecule has 0 radical (unpaired) electrons. The number of rotatable bonds is 0. The van der Waals surface area contributed by atoms with Crippen molar-refractivity contribution in [3.63, 3.8) is 0 Å². The van der Waals surface area contributed by atoms with E-state index >= 15 is 0 Å². The third kappa shape index (κ3) is 2.40. The fraction of sp³-hybridized carbons (Fsp3) is 0.692. The van der Waals surface area contributed by atoms with E-state index in [1.54, 1.807) is 0 Å². The van der Waals surface area contributed by atoms with Crippen LogP contribution in [-0.2, 0) is 0 Å². The molecular weight excluding hydrogens is 198 g/mol. The van der Waals surface area contributed by atoms with Crippen LogP contribution >= 0.6 is 0 Å². The topological polar surface area (TPSA) is 18.5 Å². The molecule has 1 unspecified atom stereocenters. The Bertz CT molecular complexity index is 298. The summed E-state index contributed by atoms with van der Waals surface area (Å²) in [5.41, 5.74) is 3.66. The number of hydrazine groups is 1. The predicted octanol–water partition coefficient (Wildman–Crippen LogP) is 1.96. The van der Waals surface area contributed by atoms with Gasteiger partial charge in [-0.3, -0.25) is 0 Å². The summed E-state index contributed by atoms with van der Waals surface area (Å²) in [5, 5.41) is 2.14. The van der Waals surface area contributed by atoms with Gasteiger partial charge in [-0.2, -0.15) is 0 Å². The minimum atomic E-state index is 0.367. The molecule has 3 nitrogen and oxygen atoms in total. The highest BCUT2D eigenvalue weighted by atomic mass is 15.5. The zero-order valence-electron chi connectivity index (χ0n) is 10.5. The Balaban J connectivity index is 2.15. The average Bonchev–Trinajstić information content (AvgIpc) is 2.27. The number of hydrogen-bond acceptors (Lipinski definition) is 3. The number of nitrogens with zero attached hydrogens (tertiary/aromatic N) is 2. The van der Waals surface area contributed by atoms with Gasteiger partial charge in [-0.05, 0) is 25.7 Å². The molecule has 1 aliphatic heterocycles. The van der Waals surface area contributed by atoms with Gasteiger partial charge in [0.1, 0.15) is 5.82 Å². The van der Waals surface area contributed by atoms with Gasteiger partial charge < -0.3 is 10.3 Å². The lowest BCUT2D eigenvalue weighted by atomic mass is 9.75. The van der Waals surface area contributed by atoms with Gasteiger partial charge in [-0.25, -0.2) is 5.01 Å². The molecule has 0 saturated carbocycles.